The molecule has 82 valence electrons. The van der Waals surface area contributed by atoms with E-state index in [0.29, 0.717) is 5.57 Å². The molecule has 15 heavy (non-hydrogen) atoms. The topological polar surface area (TPSA) is 76.4 Å². The third kappa shape index (κ3) is 14.7. The Morgan fingerprint density at radius 3 is 1.60 bits per heavy atom. The number of esters is 2. The van der Waals surface area contributed by atoms with E-state index in [1.165, 1.54) is 14.2 Å². The minimum Gasteiger partial charge on any atom is -0.466 e. The molecule has 0 aromatic rings. The standard InChI is InChI=1S/C6H8O4.C4H5N/c1-9-5(7)3-4-6(8)10-2;1-4(2)3-5/h3-4H,1-2H3;1H2,2H3/b4-3-;. The molecule has 0 bridgehead atoms. The van der Waals surface area contributed by atoms with Crippen molar-refractivity contribution in [2.24, 2.45) is 0 Å². The van der Waals surface area contributed by atoms with E-state index in [4.69, 9.17) is 5.26 Å². The van der Waals surface area contributed by atoms with Crippen molar-refractivity contribution in [2.75, 3.05) is 14.2 Å². The van der Waals surface area contributed by atoms with Gasteiger partial charge in [0, 0.05) is 17.7 Å². The van der Waals surface area contributed by atoms with Gasteiger partial charge in [-0.1, -0.05) is 6.58 Å². The van der Waals surface area contributed by atoms with Gasteiger partial charge in [-0.2, -0.15) is 5.26 Å². The average Bonchev–Trinajstić information content (AvgIpc) is 2.25. The molecular weight excluding hydrogens is 198 g/mol. The van der Waals surface area contributed by atoms with E-state index >= 15 is 0 Å². The third-order valence-corrected chi connectivity index (χ3v) is 0.949. The highest BCUT2D eigenvalue weighted by Crippen LogP contribution is 1.80. The number of rotatable bonds is 2. The lowest BCUT2D eigenvalue weighted by Gasteiger charge is -1.89. The largest absolute Gasteiger partial charge is 0.466 e. The first kappa shape index (κ1) is 15.4. The normalized spacial score (nSPS) is 8.13. The Balaban J connectivity index is 0. The number of carbonyl (C=O) groups is 2. The van der Waals surface area contributed by atoms with Gasteiger partial charge in [-0.15, -0.1) is 0 Å². The van der Waals surface area contributed by atoms with Crippen LogP contribution >= 0.6 is 0 Å². The fourth-order valence-electron chi connectivity index (χ4n) is 0.272. The van der Waals surface area contributed by atoms with Crippen LogP contribution in [-0.4, -0.2) is 26.2 Å². The first-order valence-corrected chi connectivity index (χ1v) is 3.87. The molecule has 0 aromatic carbocycles. The Bertz CT molecular complexity index is 281. The third-order valence-electron chi connectivity index (χ3n) is 0.949. The van der Waals surface area contributed by atoms with Crippen LogP contribution in [0.5, 0.6) is 0 Å². The molecule has 0 aliphatic rings. The molecular formula is C10H13NO4. The van der Waals surface area contributed by atoms with Crippen molar-refractivity contribution in [1.82, 2.24) is 0 Å². The summed E-state index contributed by atoms with van der Waals surface area (Å²) in [5.74, 6) is -1.16. The Morgan fingerprint density at radius 1 is 1.20 bits per heavy atom. The quantitative estimate of drug-likeness (QED) is 0.386. The Labute approximate surface area is 88.6 Å². The van der Waals surface area contributed by atoms with Gasteiger partial charge in [-0.05, 0) is 6.92 Å². The molecule has 0 saturated heterocycles. The zero-order valence-corrected chi connectivity index (χ0v) is 8.94. The van der Waals surface area contributed by atoms with Crippen LogP contribution in [0.2, 0.25) is 0 Å². The molecule has 0 fully saturated rings. The Kier molecular flexibility index (Phi) is 10.3. The lowest BCUT2D eigenvalue weighted by Crippen LogP contribution is -1.98. The van der Waals surface area contributed by atoms with Gasteiger partial charge in [0.25, 0.3) is 0 Å². The van der Waals surface area contributed by atoms with Crippen molar-refractivity contribution < 1.29 is 19.1 Å². The van der Waals surface area contributed by atoms with Gasteiger partial charge in [0.15, 0.2) is 0 Å². The summed E-state index contributed by atoms with van der Waals surface area (Å²) >= 11 is 0. The van der Waals surface area contributed by atoms with Crippen LogP contribution in [0.3, 0.4) is 0 Å². The summed E-state index contributed by atoms with van der Waals surface area (Å²) in [5, 5.41) is 7.79. The summed E-state index contributed by atoms with van der Waals surface area (Å²) in [6.07, 6.45) is 1.98. The molecule has 0 aliphatic carbocycles. The van der Waals surface area contributed by atoms with E-state index in [1.54, 1.807) is 6.92 Å². The molecule has 0 N–H and O–H groups in total. The molecule has 0 aliphatic heterocycles. The van der Waals surface area contributed by atoms with Crippen molar-refractivity contribution in [3.05, 3.63) is 24.3 Å². The van der Waals surface area contributed by atoms with Crippen molar-refractivity contribution >= 4 is 11.9 Å². The second-order valence-electron chi connectivity index (χ2n) is 2.27. The van der Waals surface area contributed by atoms with Gasteiger partial charge in [-0.25, -0.2) is 9.59 Å². The number of nitriles is 1. The summed E-state index contributed by atoms with van der Waals surface area (Å²) < 4.78 is 8.42. The molecule has 5 nitrogen and oxygen atoms in total. The summed E-state index contributed by atoms with van der Waals surface area (Å²) in [4.78, 5) is 20.6. The maximum Gasteiger partial charge on any atom is 0.330 e. The molecule has 0 radical (unpaired) electrons. The highest BCUT2D eigenvalue weighted by molar-refractivity contribution is 5.91. The number of nitrogens with zero attached hydrogens (tertiary/aromatic N) is 1. The van der Waals surface area contributed by atoms with Crippen LogP contribution in [0.25, 0.3) is 0 Å². The fraction of sp³-hybridized carbons (Fsp3) is 0.300. The lowest BCUT2D eigenvalue weighted by molar-refractivity contribution is -0.137. The predicted molar refractivity (Wildman–Crippen MR) is 53.6 cm³/mol. The minimum atomic E-state index is -0.578. The Hall–Kier alpha value is -2.09. The summed E-state index contributed by atoms with van der Waals surface area (Å²) in [6.45, 7) is 4.98. The molecule has 0 rings (SSSR count). The molecule has 0 unspecified atom stereocenters. The minimum absolute atomic E-state index is 0.560. The van der Waals surface area contributed by atoms with Crippen molar-refractivity contribution in [1.29, 1.82) is 5.26 Å². The molecule has 0 atom stereocenters. The number of carbonyl (C=O) groups excluding carboxylic acids is 2. The molecule has 0 amide bonds. The highest BCUT2D eigenvalue weighted by atomic mass is 16.5. The van der Waals surface area contributed by atoms with Crippen LogP contribution in [0.15, 0.2) is 24.3 Å². The van der Waals surface area contributed by atoms with Gasteiger partial charge >= 0.3 is 11.9 Å². The van der Waals surface area contributed by atoms with Gasteiger partial charge in [0.05, 0.1) is 20.3 Å². The average molecular weight is 211 g/mol. The van der Waals surface area contributed by atoms with Crippen LogP contribution in [0.1, 0.15) is 6.92 Å². The zero-order valence-electron chi connectivity index (χ0n) is 8.94. The van der Waals surface area contributed by atoms with Gasteiger partial charge < -0.3 is 9.47 Å². The van der Waals surface area contributed by atoms with E-state index in [0.717, 1.165) is 12.2 Å². The lowest BCUT2D eigenvalue weighted by atomic mass is 10.4. The van der Waals surface area contributed by atoms with Crippen LogP contribution in [0, 0.1) is 11.3 Å². The second-order valence-corrected chi connectivity index (χ2v) is 2.27. The van der Waals surface area contributed by atoms with Crippen LogP contribution in [-0.2, 0) is 19.1 Å². The molecule has 0 spiro atoms. The molecule has 0 heterocycles. The Morgan fingerprint density at radius 2 is 1.47 bits per heavy atom. The number of allylic oxidation sites excluding steroid dienone is 1. The number of hydrogen-bond acceptors (Lipinski definition) is 5. The smallest absolute Gasteiger partial charge is 0.330 e. The number of ether oxygens (including phenoxy) is 2. The van der Waals surface area contributed by atoms with Gasteiger partial charge in [0.1, 0.15) is 0 Å². The van der Waals surface area contributed by atoms with E-state index in [-0.39, 0.29) is 0 Å². The number of methoxy groups -OCH3 is 2. The summed E-state index contributed by atoms with van der Waals surface area (Å²) in [7, 11) is 2.45. The van der Waals surface area contributed by atoms with E-state index in [9.17, 15) is 9.59 Å². The monoisotopic (exact) mass is 211 g/mol. The molecule has 0 aromatic heterocycles. The SMILES string of the molecule is C=C(C)C#N.COC(=O)/C=C\C(=O)OC. The first-order chi connectivity index (χ1) is 6.97. The van der Waals surface area contributed by atoms with Crippen LogP contribution in [0.4, 0.5) is 0 Å². The van der Waals surface area contributed by atoms with Gasteiger partial charge in [0.2, 0.25) is 0 Å². The molecule has 0 saturated carbocycles. The zero-order chi connectivity index (χ0) is 12.3. The predicted octanol–water partition coefficient (Wildman–Crippen LogP) is 0.975. The first-order valence-electron chi connectivity index (χ1n) is 3.87. The van der Waals surface area contributed by atoms with Crippen molar-refractivity contribution in [3.8, 4) is 6.07 Å². The maximum absolute atomic E-state index is 10.3. The summed E-state index contributed by atoms with van der Waals surface area (Å²) in [5.41, 5.74) is 0.560. The van der Waals surface area contributed by atoms with E-state index in [1.807, 2.05) is 6.07 Å². The molecule has 5 heteroatoms. The fourth-order valence-corrected chi connectivity index (χ4v) is 0.272. The maximum atomic E-state index is 10.3. The van der Waals surface area contributed by atoms with E-state index < -0.39 is 11.9 Å². The summed E-state index contributed by atoms with van der Waals surface area (Å²) in [6, 6.07) is 1.83. The second kappa shape index (κ2) is 9.99. The van der Waals surface area contributed by atoms with E-state index in [2.05, 4.69) is 16.1 Å². The van der Waals surface area contributed by atoms with Crippen LogP contribution < -0.4 is 0 Å². The van der Waals surface area contributed by atoms with Gasteiger partial charge in [-0.3, -0.25) is 0 Å². The van der Waals surface area contributed by atoms with Crippen molar-refractivity contribution in [2.45, 2.75) is 6.92 Å². The van der Waals surface area contributed by atoms with Crippen molar-refractivity contribution in [3.63, 3.8) is 0 Å². The number of hydrogen-bond donors (Lipinski definition) is 0. The highest BCUT2D eigenvalue weighted by Gasteiger charge is 1.94.